The molecular formula is C15H24N2OS. The van der Waals surface area contributed by atoms with Crippen LogP contribution in [-0.2, 0) is 6.54 Å². The summed E-state index contributed by atoms with van der Waals surface area (Å²) in [5.41, 5.74) is 7.02. The third-order valence-electron chi connectivity index (χ3n) is 3.46. The lowest BCUT2D eigenvalue weighted by Gasteiger charge is -2.17. The Morgan fingerprint density at radius 1 is 1.32 bits per heavy atom. The molecular weight excluding hydrogens is 256 g/mol. The van der Waals surface area contributed by atoms with E-state index in [-0.39, 0.29) is 0 Å². The molecule has 2 N–H and O–H groups in total. The van der Waals surface area contributed by atoms with Gasteiger partial charge in [0.1, 0.15) is 12.4 Å². The largest absolute Gasteiger partial charge is 0.492 e. The highest BCUT2D eigenvalue weighted by molar-refractivity contribution is 7.99. The van der Waals surface area contributed by atoms with Crippen molar-refractivity contribution in [1.29, 1.82) is 0 Å². The van der Waals surface area contributed by atoms with E-state index in [2.05, 4.69) is 24.0 Å². The molecule has 19 heavy (non-hydrogen) atoms. The molecule has 0 aromatic heterocycles. The second kappa shape index (κ2) is 7.78. The van der Waals surface area contributed by atoms with Gasteiger partial charge in [-0.15, -0.1) is 11.8 Å². The fraction of sp³-hybridized carbons (Fsp3) is 0.600. The summed E-state index contributed by atoms with van der Waals surface area (Å²) in [6.45, 7) is 6.92. The normalized spacial score (nSPS) is 15.9. The van der Waals surface area contributed by atoms with Crippen LogP contribution in [0.2, 0.25) is 0 Å². The van der Waals surface area contributed by atoms with Crippen LogP contribution in [0.4, 0.5) is 0 Å². The van der Waals surface area contributed by atoms with Crippen molar-refractivity contribution >= 4 is 11.8 Å². The maximum absolute atomic E-state index is 5.94. The van der Waals surface area contributed by atoms with Crippen molar-refractivity contribution in [2.24, 2.45) is 5.73 Å². The van der Waals surface area contributed by atoms with Crippen molar-refractivity contribution in [2.45, 2.75) is 31.2 Å². The first-order valence-electron chi connectivity index (χ1n) is 7.15. The summed E-state index contributed by atoms with van der Waals surface area (Å²) in [5.74, 6) is 2.02. The Labute approximate surface area is 120 Å². The third kappa shape index (κ3) is 4.13. The van der Waals surface area contributed by atoms with E-state index in [9.17, 15) is 0 Å². The lowest BCUT2D eigenvalue weighted by atomic mass is 10.2. The van der Waals surface area contributed by atoms with E-state index in [0.29, 0.717) is 6.54 Å². The average Bonchev–Trinajstić information content (AvgIpc) is 2.93. The Kier molecular flexibility index (Phi) is 6.01. The highest BCUT2D eigenvalue weighted by Gasteiger charge is 2.12. The summed E-state index contributed by atoms with van der Waals surface area (Å²) in [4.78, 5) is 3.72. The number of hydrogen-bond acceptors (Lipinski definition) is 4. The molecule has 0 radical (unpaired) electrons. The van der Waals surface area contributed by atoms with E-state index in [4.69, 9.17) is 10.5 Å². The van der Waals surface area contributed by atoms with Crippen LogP contribution in [-0.4, -0.2) is 36.9 Å². The van der Waals surface area contributed by atoms with Crippen molar-refractivity contribution in [3.63, 3.8) is 0 Å². The fourth-order valence-corrected chi connectivity index (χ4v) is 3.31. The number of thioether (sulfide) groups is 1. The van der Waals surface area contributed by atoms with Crippen LogP contribution in [0.15, 0.2) is 23.1 Å². The van der Waals surface area contributed by atoms with E-state index in [1.165, 1.54) is 30.8 Å². The van der Waals surface area contributed by atoms with Gasteiger partial charge in [0.15, 0.2) is 0 Å². The topological polar surface area (TPSA) is 38.5 Å². The van der Waals surface area contributed by atoms with Gasteiger partial charge in [-0.3, -0.25) is 4.90 Å². The first-order valence-corrected chi connectivity index (χ1v) is 8.13. The summed E-state index contributed by atoms with van der Waals surface area (Å²) < 4.78 is 5.94. The molecule has 2 rings (SSSR count). The molecule has 1 aromatic rings. The molecule has 0 aliphatic carbocycles. The first kappa shape index (κ1) is 14.7. The molecule has 0 bridgehead atoms. The molecule has 0 saturated carbocycles. The zero-order valence-corrected chi connectivity index (χ0v) is 12.5. The SMILES string of the molecule is CCSc1cccc(OCCN2CCCC2)c1CN. The zero-order chi connectivity index (χ0) is 13.5. The van der Waals surface area contributed by atoms with Crippen LogP contribution in [0.3, 0.4) is 0 Å². The highest BCUT2D eigenvalue weighted by atomic mass is 32.2. The Morgan fingerprint density at radius 2 is 2.11 bits per heavy atom. The van der Waals surface area contributed by atoms with Gasteiger partial charge >= 0.3 is 0 Å². The average molecular weight is 280 g/mol. The maximum Gasteiger partial charge on any atom is 0.124 e. The van der Waals surface area contributed by atoms with Crippen molar-refractivity contribution in [3.8, 4) is 5.75 Å². The van der Waals surface area contributed by atoms with Gasteiger partial charge in [-0.25, -0.2) is 0 Å². The van der Waals surface area contributed by atoms with Crippen LogP contribution in [0.1, 0.15) is 25.3 Å². The molecule has 0 atom stereocenters. The van der Waals surface area contributed by atoms with Gasteiger partial charge in [-0.05, 0) is 43.8 Å². The number of likely N-dealkylation sites (tertiary alicyclic amines) is 1. The summed E-state index contributed by atoms with van der Waals surface area (Å²) in [6, 6.07) is 6.22. The molecule has 1 heterocycles. The lowest BCUT2D eigenvalue weighted by molar-refractivity contribution is 0.236. The van der Waals surface area contributed by atoms with Crippen LogP contribution in [0, 0.1) is 0 Å². The van der Waals surface area contributed by atoms with Gasteiger partial charge < -0.3 is 10.5 Å². The second-order valence-corrected chi connectivity index (χ2v) is 6.07. The van der Waals surface area contributed by atoms with Gasteiger partial charge in [-0.2, -0.15) is 0 Å². The van der Waals surface area contributed by atoms with E-state index in [1.54, 1.807) is 0 Å². The zero-order valence-electron chi connectivity index (χ0n) is 11.7. The number of nitrogens with zero attached hydrogens (tertiary/aromatic N) is 1. The molecule has 106 valence electrons. The lowest BCUT2D eigenvalue weighted by Crippen LogP contribution is -2.25. The fourth-order valence-electron chi connectivity index (χ4n) is 2.46. The summed E-state index contributed by atoms with van der Waals surface area (Å²) in [5, 5.41) is 0. The highest BCUT2D eigenvalue weighted by Crippen LogP contribution is 2.29. The van der Waals surface area contributed by atoms with Gasteiger partial charge in [0.2, 0.25) is 0 Å². The van der Waals surface area contributed by atoms with E-state index >= 15 is 0 Å². The van der Waals surface area contributed by atoms with Gasteiger partial charge in [-0.1, -0.05) is 13.0 Å². The van der Waals surface area contributed by atoms with Crippen LogP contribution in [0.5, 0.6) is 5.75 Å². The summed E-state index contributed by atoms with van der Waals surface area (Å²) in [6.07, 6.45) is 2.66. The van der Waals surface area contributed by atoms with Crippen molar-refractivity contribution in [3.05, 3.63) is 23.8 Å². The monoisotopic (exact) mass is 280 g/mol. The predicted octanol–water partition coefficient (Wildman–Crippen LogP) is 2.73. The Morgan fingerprint density at radius 3 is 2.79 bits per heavy atom. The minimum absolute atomic E-state index is 0.544. The van der Waals surface area contributed by atoms with Gasteiger partial charge in [0, 0.05) is 23.5 Å². The van der Waals surface area contributed by atoms with E-state index < -0.39 is 0 Å². The van der Waals surface area contributed by atoms with E-state index in [0.717, 1.165) is 30.2 Å². The third-order valence-corrected chi connectivity index (χ3v) is 4.44. The maximum atomic E-state index is 5.94. The Hall–Kier alpha value is -0.710. The second-order valence-electron chi connectivity index (χ2n) is 4.77. The van der Waals surface area contributed by atoms with Crippen LogP contribution < -0.4 is 10.5 Å². The molecule has 1 aromatic carbocycles. The summed E-state index contributed by atoms with van der Waals surface area (Å²) >= 11 is 1.83. The van der Waals surface area contributed by atoms with Crippen molar-refractivity contribution in [2.75, 3.05) is 32.0 Å². The standard InChI is InChI=1S/C15H24N2OS/c1-2-19-15-7-5-6-14(13(15)12-16)18-11-10-17-8-3-4-9-17/h5-7H,2-4,8-12,16H2,1H3. The first-order chi connectivity index (χ1) is 9.35. The number of nitrogens with two attached hydrogens (primary N) is 1. The number of hydrogen-bond donors (Lipinski definition) is 1. The minimum atomic E-state index is 0.544. The minimum Gasteiger partial charge on any atom is -0.492 e. The molecule has 0 spiro atoms. The smallest absolute Gasteiger partial charge is 0.124 e. The summed E-state index contributed by atoms with van der Waals surface area (Å²) in [7, 11) is 0. The van der Waals surface area contributed by atoms with E-state index in [1.807, 2.05) is 17.8 Å². The number of benzene rings is 1. The molecule has 1 aliphatic heterocycles. The van der Waals surface area contributed by atoms with Gasteiger partial charge in [0.25, 0.3) is 0 Å². The molecule has 1 fully saturated rings. The molecule has 1 aliphatic rings. The van der Waals surface area contributed by atoms with Crippen LogP contribution >= 0.6 is 11.8 Å². The molecule has 4 heteroatoms. The van der Waals surface area contributed by atoms with Gasteiger partial charge in [0.05, 0.1) is 0 Å². The number of rotatable bonds is 7. The Balaban J connectivity index is 1.92. The Bertz CT molecular complexity index is 392. The molecule has 3 nitrogen and oxygen atoms in total. The van der Waals surface area contributed by atoms with Crippen molar-refractivity contribution in [1.82, 2.24) is 4.90 Å². The van der Waals surface area contributed by atoms with Crippen molar-refractivity contribution < 1.29 is 4.74 Å². The van der Waals surface area contributed by atoms with Crippen LogP contribution in [0.25, 0.3) is 0 Å². The predicted molar refractivity (Wildman–Crippen MR) is 81.9 cm³/mol. The molecule has 0 unspecified atom stereocenters. The molecule has 0 amide bonds. The number of ether oxygens (including phenoxy) is 1. The quantitative estimate of drug-likeness (QED) is 0.780. The molecule has 1 saturated heterocycles.